The number of halogens is 1. The SMILES string of the molecule is COc1cc2ncnc(Oc3ccc(NC(=O)NC(C)C)c(Cl)c3)c2c2c1OCCO2. The lowest BCUT2D eigenvalue weighted by Crippen LogP contribution is -2.34. The van der Waals surface area contributed by atoms with Crippen molar-refractivity contribution in [3.05, 3.63) is 35.6 Å². The number of rotatable bonds is 5. The van der Waals surface area contributed by atoms with Gasteiger partial charge >= 0.3 is 6.03 Å². The second-order valence-electron chi connectivity index (χ2n) is 7.00. The maximum absolute atomic E-state index is 11.9. The average Bonchev–Trinajstić information content (AvgIpc) is 2.74. The first kappa shape index (κ1) is 20.8. The van der Waals surface area contributed by atoms with Crippen LogP contribution < -0.4 is 29.6 Å². The molecule has 0 spiro atoms. The van der Waals surface area contributed by atoms with Crippen molar-refractivity contribution in [2.24, 2.45) is 0 Å². The van der Waals surface area contributed by atoms with Crippen molar-refractivity contribution in [3.8, 4) is 28.9 Å². The summed E-state index contributed by atoms with van der Waals surface area (Å²) in [5.41, 5.74) is 1.04. The molecule has 2 amide bonds. The molecule has 0 bridgehead atoms. The van der Waals surface area contributed by atoms with Gasteiger partial charge in [-0.3, -0.25) is 0 Å². The maximum atomic E-state index is 11.9. The number of carbonyl (C=O) groups excluding carboxylic acids is 1. The predicted octanol–water partition coefficient (Wildman–Crippen LogP) is 4.39. The number of hydrogen-bond donors (Lipinski definition) is 2. The van der Waals surface area contributed by atoms with Crippen molar-refractivity contribution in [2.75, 3.05) is 25.6 Å². The number of benzene rings is 2. The Morgan fingerprint density at radius 2 is 1.94 bits per heavy atom. The quantitative estimate of drug-likeness (QED) is 0.601. The van der Waals surface area contributed by atoms with E-state index in [0.29, 0.717) is 57.8 Å². The standard InChI is InChI=1S/C21H21ClN4O5/c1-11(2)25-21(27)26-14-5-4-12(8-13(14)22)31-20-17-15(23-10-24-20)9-16(28-3)18-19(17)30-7-6-29-18/h4-5,8-11H,6-7H2,1-3H3,(H2,25,26,27). The molecule has 0 unspecified atom stereocenters. The summed E-state index contributed by atoms with van der Waals surface area (Å²) >= 11 is 6.33. The van der Waals surface area contributed by atoms with Gasteiger partial charge in [0.1, 0.15) is 30.7 Å². The van der Waals surface area contributed by atoms with Crippen molar-refractivity contribution in [1.29, 1.82) is 0 Å². The molecule has 1 aromatic heterocycles. The minimum atomic E-state index is -0.343. The van der Waals surface area contributed by atoms with Gasteiger partial charge < -0.3 is 29.6 Å². The number of ether oxygens (including phenoxy) is 4. The molecule has 162 valence electrons. The molecule has 0 saturated carbocycles. The van der Waals surface area contributed by atoms with Gasteiger partial charge in [0.05, 0.1) is 23.3 Å². The van der Waals surface area contributed by atoms with E-state index in [1.807, 2.05) is 13.8 Å². The highest BCUT2D eigenvalue weighted by Crippen LogP contribution is 2.47. The number of hydrogen-bond acceptors (Lipinski definition) is 7. The summed E-state index contributed by atoms with van der Waals surface area (Å²) in [7, 11) is 1.55. The fourth-order valence-electron chi connectivity index (χ4n) is 3.10. The molecular formula is C21H21ClN4O5. The number of nitrogens with one attached hydrogen (secondary N) is 2. The van der Waals surface area contributed by atoms with E-state index in [1.54, 1.807) is 31.4 Å². The van der Waals surface area contributed by atoms with E-state index in [2.05, 4.69) is 20.6 Å². The molecule has 0 fully saturated rings. The van der Waals surface area contributed by atoms with Crippen LogP contribution in [0.5, 0.6) is 28.9 Å². The van der Waals surface area contributed by atoms with E-state index < -0.39 is 0 Å². The summed E-state index contributed by atoms with van der Waals surface area (Å²) in [5, 5.41) is 6.32. The molecule has 4 rings (SSSR count). The normalized spacial score (nSPS) is 12.5. The van der Waals surface area contributed by atoms with E-state index in [1.165, 1.54) is 6.33 Å². The Kier molecular flexibility index (Phi) is 5.85. The van der Waals surface area contributed by atoms with E-state index >= 15 is 0 Å². The summed E-state index contributed by atoms with van der Waals surface area (Å²) in [6.07, 6.45) is 1.39. The highest BCUT2D eigenvalue weighted by atomic mass is 35.5. The molecule has 2 aromatic carbocycles. The number of methoxy groups -OCH3 is 1. The molecule has 1 aliphatic rings. The van der Waals surface area contributed by atoms with Crippen LogP contribution in [-0.4, -0.2) is 42.4 Å². The molecule has 2 heterocycles. The van der Waals surface area contributed by atoms with E-state index in [4.69, 9.17) is 30.5 Å². The van der Waals surface area contributed by atoms with Gasteiger partial charge in [-0.2, -0.15) is 0 Å². The molecular weight excluding hydrogens is 424 g/mol. The predicted molar refractivity (Wildman–Crippen MR) is 116 cm³/mol. The number of nitrogens with zero attached hydrogens (tertiary/aromatic N) is 2. The van der Waals surface area contributed by atoms with Crippen molar-refractivity contribution >= 4 is 34.2 Å². The van der Waals surface area contributed by atoms with Gasteiger partial charge in [-0.25, -0.2) is 14.8 Å². The highest BCUT2D eigenvalue weighted by molar-refractivity contribution is 6.33. The third-order valence-corrected chi connectivity index (χ3v) is 4.70. The Morgan fingerprint density at radius 1 is 1.16 bits per heavy atom. The minimum Gasteiger partial charge on any atom is -0.493 e. The summed E-state index contributed by atoms with van der Waals surface area (Å²) in [6.45, 7) is 4.53. The number of anilines is 1. The number of carbonyl (C=O) groups is 1. The second-order valence-corrected chi connectivity index (χ2v) is 7.41. The zero-order chi connectivity index (χ0) is 22.0. The molecule has 1 aliphatic heterocycles. The molecule has 9 nitrogen and oxygen atoms in total. The zero-order valence-corrected chi connectivity index (χ0v) is 17.9. The monoisotopic (exact) mass is 444 g/mol. The summed E-state index contributed by atoms with van der Waals surface area (Å²) < 4.78 is 23.0. The number of urea groups is 1. The Labute approximate surface area is 183 Å². The van der Waals surface area contributed by atoms with Gasteiger partial charge in [-0.05, 0) is 26.0 Å². The van der Waals surface area contributed by atoms with Gasteiger partial charge in [-0.15, -0.1) is 0 Å². The fourth-order valence-corrected chi connectivity index (χ4v) is 3.32. The first-order valence-corrected chi connectivity index (χ1v) is 10.00. The third kappa shape index (κ3) is 4.36. The molecule has 31 heavy (non-hydrogen) atoms. The number of amides is 2. The Balaban J connectivity index is 1.66. The zero-order valence-electron chi connectivity index (χ0n) is 17.2. The van der Waals surface area contributed by atoms with Crippen molar-refractivity contribution in [1.82, 2.24) is 15.3 Å². The van der Waals surface area contributed by atoms with Crippen LogP contribution in [0.1, 0.15) is 13.8 Å². The molecule has 0 saturated heterocycles. The largest absolute Gasteiger partial charge is 0.493 e. The Morgan fingerprint density at radius 3 is 2.65 bits per heavy atom. The van der Waals surface area contributed by atoms with E-state index in [9.17, 15) is 4.79 Å². The first-order chi connectivity index (χ1) is 15.0. The summed E-state index contributed by atoms with van der Waals surface area (Å²) in [4.78, 5) is 20.5. The van der Waals surface area contributed by atoms with E-state index in [-0.39, 0.29) is 18.0 Å². The van der Waals surface area contributed by atoms with Crippen LogP contribution in [0.4, 0.5) is 10.5 Å². The van der Waals surface area contributed by atoms with Gasteiger partial charge in [0, 0.05) is 18.2 Å². The first-order valence-electron chi connectivity index (χ1n) is 9.62. The van der Waals surface area contributed by atoms with Crippen LogP contribution >= 0.6 is 11.6 Å². The second kappa shape index (κ2) is 8.73. The Bertz CT molecular complexity index is 1140. The number of fused-ring (bicyclic) bond motifs is 3. The lowest BCUT2D eigenvalue weighted by Gasteiger charge is -2.22. The van der Waals surface area contributed by atoms with Gasteiger partial charge in [0.25, 0.3) is 0 Å². The van der Waals surface area contributed by atoms with Crippen LogP contribution in [0.15, 0.2) is 30.6 Å². The van der Waals surface area contributed by atoms with Crippen LogP contribution in [0, 0.1) is 0 Å². The smallest absolute Gasteiger partial charge is 0.319 e. The average molecular weight is 445 g/mol. The molecule has 0 aliphatic carbocycles. The molecule has 0 atom stereocenters. The van der Waals surface area contributed by atoms with Gasteiger partial charge in [0.15, 0.2) is 11.5 Å². The van der Waals surface area contributed by atoms with Crippen molar-refractivity contribution in [3.63, 3.8) is 0 Å². The minimum absolute atomic E-state index is 0.00294. The Hall–Kier alpha value is -3.46. The molecule has 2 N–H and O–H groups in total. The fraction of sp³-hybridized carbons (Fsp3) is 0.286. The van der Waals surface area contributed by atoms with Gasteiger partial charge in [0.2, 0.25) is 11.6 Å². The molecule has 3 aromatic rings. The topological polar surface area (TPSA) is 104 Å². The maximum Gasteiger partial charge on any atom is 0.319 e. The van der Waals surface area contributed by atoms with Crippen LogP contribution in [0.2, 0.25) is 5.02 Å². The van der Waals surface area contributed by atoms with Crippen LogP contribution in [0.25, 0.3) is 10.9 Å². The number of aromatic nitrogens is 2. The van der Waals surface area contributed by atoms with Crippen LogP contribution in [-0.2, 0) is 0 Å². The lowest BCUT2D eigenvalue weighted by molar-refractivity contribution is 0.167. The van der Waals surface area contributed by atoms with Crippen molar-refractivity contribution < 1.29 is 23.7 Å². The summed E-state index contributed by atoms with van der Waals surface area (Å²) in [5.74, 6) is 2.18. The van der Waals surface area contributed by atoms with Crippen molar-refractivity contribution in [2.45, 2.75) is 19.9 Å². The third-order valence-electron chi connectivity index (χ3n) is 4.39. The van der Waals surface area contributed by atoms with E-state index in [0.717, 1.165) is 0 Å². The van der Waals surface area contributed by atoms with Crippen LogP contribution in [0.3, 0.4) is 0 Å². The lowest BCUT2D eigenvalue weighted by atomic mass is 10.1. The summed E-state index contributed by atoms with van der Waals surface area (Å²) in [6, 6.07) is 6.32. The molecule has 0 radical (unpaired) electrons. The molecule has 10 heteroatoms. The van der Waals surface area contributed by atoms with Gasteiger partial charge in [-0.1, -0.05) is 11.6 Å². The highest BCUT2D eigenvalue weighted by Gasteiger charge is 2.25.